The van der Waals surface area contributed by atoms with Crippen LogP contribution in [0.2, 0.25) is 0 Å². The number of nitrogens with one attached hydrogen (secondary N) is 1. The number of halogens is 1. The Morgan fingerprint density at radius 3 is 2.00 bits per heavy atom. The SMILES string of the molecule is C.CC(C)[C@H](CN1CC[C@H](C2=CCC(Cl)C=C2)C(C)(C)C1)NCCC(c1ccccc1)c1ccccc1.O.O.O. The lowest BCUT2D eigenvalue weighted by atomic mass is 9.69. The molecule has 0 amide bonds. The topological polar surface area (TPSA) is 110 Å². The van der Waals surface area contributed by atoms with Crippen LogP contribution in [0.3, 0.4) is 0 Å². The summed E-state index contributed by atoms with van der Waals surface area (Å²) in [6, 6.07) is 22.4. The molecule has 1 aliphatic carbocycles. The number of hydrogen-bond acceptors (Lipinski definition) is 2. The first-order valence-corrected chi connectivity index (χ1v) is 14.3. The second-order valence-corrected chi connectivity index (χ2v) is 12.4. The summed E-state index contributed by atoms with van der Waals surface area (Å²) >= 11 is 6.29. The molecule has 1 aliphatic heterocycles. The Bertz CT molecular complexity index is 971. The molecule has 1 heterocycles. The molecule has 0 aromatic heterocycles. The minimum absolute atomic E-state index is 0. The van der Waals surface area contributed by atoms with Gasteiger partial charge in [-0.3, -0.25) is 0 Å². The molecule has 7 N–H and O–H groups in total. The standard InChI is InChI=1S/C33H45ClN2.CH4.3H2O/c1-25(2)32(23-36-22-20-31(33(3,4)24-36)28-15-17-29(34)18-16-28)35-21-19-30(26-11-7-5-8-12-26)27-13-9-6-10-14-27;;;;/h5-17,25,29-32,35H,18-24H2,1-4H3;1H4;3*1H2/t29?,31-,32+;;;;/m1..../s1. The van der Waals surface area contributed by atoms with Crippen LogP contribution in [0, 0.1) is 17.3 Å². The number of likely N-dealkylation sites (tertiary alicyclic amines) is 1. The molecule has 3 atom stereocenters. The maximum Gasteiger partial charge on any atom is 0.0553 e. The van der Waals surface area contributed by atoms with E-state index in [-0.39, 0.29) is 34.6 Å². The lowest BCUT2D eigenvalue weighted by molar-refractivity contribution is 0.0632. The van der Waals surface area contributed by atoms with Crippen molar-refractivity contribution in [2.45, 2.75) is 71.7 Å². The smallest absolute Gasteiger partial charge is 0.0553 e. The highest BCUT2D eigenvalue weighted by atomic mass is 35.5. The summed E-state index contributed by atoms with van der Waals surface area (Å²) in [5.74, 6) is 1.64. The van der Waals surface area contributed by atoms with Gasteiger partial charge in [-0.25, -0.2) is 0 Å². The van der Waals surface area contributed by atoms with Gasteiger partial charge in [-0.2, -0.15) is 0 Å². The van der Waals surface area contributed by atoms with Gasteiger partial charge in [-0.05, 0) is 66.3 Å². The number of rotatable bonds is 10. The molecule has 0 radical (unpaired) electrons. The highest BCUT2D eigenvalue weighted by Crippen LogP contribution is 2.41. The van der Waals surface area contributed by atoms with Crippen LogP contribution in [0.15, 0.2) is 84.5 Å². The Balaban J connectivity index is 0.00000380. The summed E-state index contributed by atoms with van der Waals surface area (Å²) in [4.78, 5) is 2.71. The molecule has 0 spiro atoms. The van der Waals surface area contributed by atoms with Crippen molar-refractivity contribution >= 4 is 11.6 Å². The summed E-state index contributed by atoms with van der Waals surface area (Å²) < 4.78 is 0. The van der Waals surface area contributed by atoms with E-state index in [4.69, 9.17) is 11.6 Å². The second kappa shape index (κ2) is 17.7. The fraction of sp³-hybridized carbons (Fsp3) is 0.529. The minimum Gasteiger partial charge on any atom is -0.412 e. The molecule has 1 fully saturated rings. The van der Waals surface area contributed by atoms with Gasteiger partial charge < -0.3 is 26.6 Å². The van der Waals surface area contributed by atoms with Crippen LogP contribution in [0.5, 0.6) is 0 Å². The van der Waals surface area contributed by atoms with E-state index in [2.05, 4.69) is 117 Å². The number of piperidine rings is 1. The van der Waals surface area contributed by atoms with E-state index in [1.807, 2.05) is 0 Å². The van der Waals surface area contributed by atoms with Gasteiger partial charge >= 0.3 is 0 Å². The van der Waals surface area contributed by atoms with Gasteiger partial charge in [0, 0.05) is 25.0 Å². The molecule has 226 valence electrons. The molecule has 0 bridgehead atoms. The first kappa shape index (κ1) is 38.0. The molecule has 1 saturated heterocycles. The molecule has 6 heteroatoms. The van der Waals surface area contributed by atoms with Crippen molar-refractivity contribution in [3.63, 3.8) is 0 Å². The van der Waals surface area contributed by atoms with E-state index in [1.165, 1.54) is 29.7 Å². The first-order chi connectivity index (χ1) is 17.3. The van der Waals surface area contributed by atoms with Gasteiger partial charge in [0.1, 0.15) is 0 Å². The van der Waals surface area contributed by atoms with Crippen LogP contribution in [0.1, 0.15) is 71.4 Å². The molecule has 2 aromatic carbocycles. The second-order valence-electron chi connectivity index (χ2n) is 11.8. The van der Waals surface area contributed by atoms with Gasteiger partial charge in [-0.15, -0.1) is 11.6 Å². The van der Waals surface area contributed by atoms with Crippen LogP contribution >= 0.6 is 11.6 Å². The molecule has 2 aromatic rings. The predicted molar refractivity (Wildman–Crippen MR) is 173 cm³/mol. The number of benzene rings is 2. The molecule has 2 aliphatic rings. The van der Waals surface area contributed by atoms with Crippen molar-refractivity contribution in [3.8, 4) is 0 Å². The van der Waals surface area contributed by atoms with E-state index < -0.39 is 0 Å². The fourth-order valence-corrected chi connectivity index (χ4v) is 6.37. The minimum atomic E-state index is 0. The zero-order chi connectivity index (χ0) is 25.5. The van der Waals surface area contributed by atoms with Gasteiger partial charge in [0.05, 0.1) is 5.38 Å². The number of allylic oxidation sites excluding steroid dienone is 4. The molecular weight excluding hydrogens is 520 g/mol. The molecular formula is C34H55ClN2O3. The lowest BCUT2D eigenvalue weighted by Gasteiger charge is -2.46. The Morgan fingerprint density at radius 2 is 1.52 bits per heavy atom. The van der Waals surface area contributed by atoms with E-state index >= 15 is 0 Å². The maximum absolute atomic E-state index is 6.29. The highest BCUT2D eigenvalue weighted by molar-refractivity contribution is 6.22. The number of alkyl halides is 1. The summed E-state index contributed by atoms with van der Waals surface area (Å²) in [5.41, 5.74) is 4.58. The normalized spacial score (nSPS) is 20.8. The molecule has 1 unspecified atom stereocenters. The van der Waals surface area contributed by atoms with Crippen LogP contribution < -0.4 is 5.32 Å². The number of nitrogens with zero attached hydrogens (tertiary/aromatic N) is 1. The van der Waals surface area contributed by atoms with Crippen molar-refractivity contribution in [2.75, 3.05) is 26.2 Å². The summed E-state index contributed by atoms with van der Waals surface area (Å²) in [6.45, 7) is 14.1. The van der Waals surface area contributed by atoms with Gasteiger partial charge in [0.15, 0.2) is 0 Å². The van der Waals surface area contributed by atoms with E-state index in [1.54, 1.807) is 0 Å². The first-order valence-electron chi connectivity index (χ1n) is 13.9. The Labute approximate surface area is 248 Å². The third-order valence-corrected chi connectivity index (χ3v) is 8.61. The van der Waals surface area contributed by atoms with Crippen LogP contribution in [0.4, 0.5) is 0 Å². The largest absolute Gasteiger partial charge is 0.412 e. The van der Waals surface area contributed by atoms with Gasteiger partial charge in [0.25, 0.3) is 0 Å². The summed E-state index contributed by atoms with van der Waals surface area (Å²) in [6.07, 6.45) is 10.1. The Kier molecular flexibility index (Phi) is 16.9. The van der Waals surface area contributed by atoms with Crippen molar-refractivity contribution < 1.29 is 16.4 Å². The average Bonchev–Trinajstić information content (AvgIpc) is 2.87. The third kappa shape index (κ3) is 10.1. The molecule has 40 heavy (non-hydrogen) atoms. The van der Waals surface area contributed by atoms with Crippen LogP contribution in [-0.2, 0) is 0 Å². The fourth-order valence-electron chi connectivity index (χ4n) is 6.21. The third-order valence-electron chi connectivity index (χ3n) is 8.29. The quantitative estimate of drug-likeness (QED) is 0.360. The van der Waals surface area contributed by atoms with Gasteiger partial charge in [-0.1, -0.05) is 114 Å². The van der Waals surface area contributed by atoms with Crippen molar-refractivity contribution in [2.24, 2.45) is 17.3 Å². The zero-order valence-corrected chi connectivity index (χ0v) is 24.9. The predicted octanol–water partition coefficient (Wildman–Crippen LogP) is 5.83. The number of hydrogen-bond donors (Lipinski definition) is 1. The summed E-state index contributed by atoms with van der Waals surface area (Å²) in [5, 5.41) is 4.13. The van der Waals surface area contributed by atoms with Crippen molar-refractivity contribution in [1.29, 1.82) is 0 Å². The monoisotopic (exact) mass is 574 g/mol. The Hall–Kier alpha value is -1.99. The van der Waals surface area contributed by atoms with Gasteiger partial charge in [0.2, 0.25) is 0 Å². The molecule has 4 rings (SSSR count). The van der Waals surface area contributed by atoms with E-state index in [9.17, 15) is 0 Å². The Morgan fingerprint density at radius 1 is 0.950 bits per heavy atom. The van der Waals surface area contributed by atoms with Crippen molar-refractivity contribution in [1.82, 2.24) is 10.2 Å². The van der Waals surface area contributed by atoms with Crippen LogP contribution in [0.25, 0.3) is 0 Å². The van der Waals surface area contributed by atoms with Crippen molar-refractivity contribution in [3.05, 3.63) is 95.6 Å². The maximum atomic E-state index is 6.29. The molecule has 0 saturated carbocycles. The lowest BCUT2D eigenvalue weighted by Crippen LogP contribution is -2.52. The zero-order valence-electron chi connectivity index (χ0n) is 24.2. The van der Waals surface area contributed by atoms with E-state index in [0.717, 1.165) is 32.5 Å². The highest BCUT2D eigenvalue weighted by Gasteiger charge is 2.38. The summed E-state index contributed by atoms with van der Waals surface area (Å²) in [7, 11) is 0. The van der Waals surface area contributed by atoms with Crippen LogP contribution in [-0.4, -0.2) is 58.9 Å². The van der Waals surface area contributed by atoms with E-state index in [0.29, 0.717) is 23.8 Å². The average molecular weight is 575 g/mol. The molecule has 5 nitrogen and oxygen atoms in total.